The van der Waals surface area contributed by atoms with E-state index in [1.807, 2.05) is 12.1 Å². The molecule has 0 unspecified atom stereocenters. The van der Waals surface area contributed by atoms with Gasteiger partial charge in [0.15, 0.2) is 5.58 Å². The topological polar surface area (TPSA) is 42.2 Å². The number of aromatic nitrogens is 2. The van der Waals surface area contributed by atoms with Crippen LogP contribution in [-0.4, -0.2) is 16.8 Å². The number of furan rings is 1. The van der Waals surface area contributed by atoms with E-state index >= 15 is 0 Å². The van der Waals surface area contributed by atoms with Gasteiger partial charge in [-0.1, -0.05) is 163 Å². The number of hydrogen-bond donors (Lipinski definition) is 0. The Morgan fingerprint density at radius 2 is 1.14 bits per heavy atom. The van der Waals surface area contributed by atoms with Gasteiger partial charge in [-0.05, 0) is 44.7 Å². The molecule has 0 radical (unpaired) electrons. The number of anilines is 2. The minimum absolute atomic E-state index is 0.249. The number of nitrogens with zero attached hydrogens (tertiary/aromatic N) is 3. The van der Waals surface area contributed by atoms with E-state index in [0.717, 1.165) is 66.2 Å². The molecule has 236 valence electrons. The quantitative estimate of drug-likeness (QED) is 0.179. The second-order valence-electron chi connectivity index (χ2n) is 13.3. The molecular formula is C46H28BN3O. The maximum absolute atomic E-state index is 7.03. The third-order valence-electron chi connectivity index (χ3n) is 10.5. The smallest absolute Gasteiger partial charge is 0.332 e. The standard InChI is InChI=1S/C46H28BN3O/c1-3-16-30(17-4-1)43-35-23-11-13-25-38(35)48-46(49-43)50-44-42(34-22-10-9-21-33(34)40-36-24-12-14-26-39(36)51-45(40)44)41-32-20-8-7-15-29(32)27-28-37(41)47(50)31-18-5-2-6-19-31/h1-28H. The number of hydrogen-bond acceptors (Lipinski definition) is 4. The molecule has 0 N–H and O–H groups in total. The van der Waals surface area contributed by atoms with Crippen molar-refractivity contribution >= 4 is 83.8 Å². The van der Waals surface area contributed by atoms with Crippen molar-refractivity contribution in [1.82, 2.24) is 9.97 Å². The highest BCUT2D eigenvalue weighted by Crippen LogP contribution is 2.52. The average Bonchev–Trinajstić information content (AvgIpc) is 3.60. The molecule has 1 aliphatic rings. The summed E-state index contributed by atoms with van der Waals surface area (Å²) in [5.74, 6) is 0.624. The molecule has 0 saturated heterocycles. The Bertz CT molecular complexity index is 2990. The van der Waals surface area contributed by atoms with Gasteiger partial charge in [-0.2, -0.15) is 0 Å². The van der Waals surface area contributed by atoms with E-state index in [1.165, 1.54) is 27.2 Å². The molecule has 0 aliphatic carbocycles. The Morgan fingerprint density at radius 3 is 1.96 bits per heavy atom. The van der Waals surface area contributed by atoms with Gasteiger partial charge in [-0.15, -0.1) is 0 Å². The van der Waals surface area contributed by atoms with Crippen molar-refractivity contribution in [3.63, 3.8) is 0 Å². The largest absolute Gasteiger partial charge is 0.454 e. The SMILES string of the molecule is c1ccc(B2c3ccc4ccccc4c3-c3c(c4oc5ccccc5c4c4ccccc34)N2c2nc(-c3ccccc3)c3ccccc3n2)cc1. The summed E-state index contributed by atoms with van der Waals surface area (Å²) in [7, 11) is 0. The van der Waals surface area contributed by atoms with Gasteiger partial charge < -0.3 is 9.23 Å². The van der Waals surface area contributed by atoms with Crippen LogP contribution in [0.25, 0.3) is 76.8 Å². The molecule has 5 heteroatoms. The van der Waals surface area contributed by atoms with Crippen LogP contribution in [0.4, 0.5) is 11.6 Å². The van der Waals surface area contributed by atoms with Crippen molar-refractivity contribution in [2.75, 3.05) is 4.81 Å². The molecule has 0 fully saturated rings. The Morgan fingerprint density at radius 1 is 0.490 bits per heavy atom. The van der Waals surface area contributed by atoms with E-state index in [4.69, 9.17) is 14.4 Å². The van der Waals surface area contributed by atoms with Crippen LogP contribution in [0.5, 0.6) is 0 Å². The molecule has 51 heavy (non-hydrogen) atoms. The molecule has 0 saturated carbocycles. The minimum Gasteiger partial charge on any atom is -0.454 e. The van der Waals surface area contributed by atoms with Crippen molar-refractivity contribution in [2.24, 2.45) is 0 Å². The molecule has 0 atom stereocenters. The molecule has 0 bridgehead atoms. The van der Waals surface area contributed by atoms with E-state index in [1.54, 1.807) is 0 Å². The molecule has 11 rings (SSSR count). The first-order valence-corrected chi connectivity index (χ1v) is 17.4. The van der Waals surface area contributed by atoms with Gasteiger partial charge in [-0.3, -0.25) is 0 Å². The van der Waals surface area contributed by atoms with Crippen LogP contribution in [0.3, 0.4) is 0 Å². The number of benzene rings is 8. The molecule has 3 heterocycles. The fraction of sp³-hybridized carbons (Fsp3) is 0. The number of para-hydroxylation sites is 2. The van der Waals surface area contributed by atoms with E-state index < -0.39 is 0 Å². The van der Waals surface area contributed by atoms with Crippen molar-refractivity contribution in [3.05, 3.63) is 170 Å². The lowest BCUT2D eigenvalue weighted by Crippen LogP contribution is -2.58. The number of fused-ring (bicyclic) bond motifs is 13. The zero-order chi connectivity index (χ0) is 33.5. The van der Waals surface area contributed by atoms with E-state index in [2.05, 4.69) is 163 Å². The molecule has 4 nitrogen and oxygen atoms in total. The third-order valence-corrected chi connectivity index (χ3v) is 10.5. The Kier molecular flexibility index (Phi) is 6.01. The van der Waals surface area contributed by atoms with Gasteiger partial charge in [0.05, 0.1) is 16.9 Å². The molecule has 0 spiro atoms. The number of rotatable bonds is 3. The fourth-order valence-corrected chi connectivity index (χ4v) is 8.35. The zero-order valence-electron chi connectivity index (χ0n) is 27.5. The first-order valence-electron chi connectivity index (χ1n) is 17.4. The summed E-state index contributed by atoms with van der Waals surface area (Å²) in [5.41, 5.74) is 10.2. The highest BCUT2D eigenvalue weighted by molar-refractivity contribution is 6.91. The maximum Gasteiger partial charge on any atom is 0.332 e. The lowest BCUT2D eigenvalue weighted by molar-refractivity contribution is 0.669. The summed E-state index contributed by atoms with van der Waals surface area (Å²) in [6.07, 6.45) is 0. The van der Waals surface area contributed by atoms with Gasteiger partial charge in [-0.25, -0.2) is 9.97 Å². The van der Waals surface area contributed by atoms with Crippen LogP contribution >= 0.6 is 0 Å². The fourth-order valence-electron chi connectivity index (χ4n) is 8.35. The van der Waals surface area contributed by atoms with Crippen LogP contribution in [-0.2, 0) is 0 Å². The van der Waals surface area contributed by atoms with E-state index in [9.17, 15) is 0 Å². The van der Waals surface area contributed by atoms with Gasteiger partial charge in [0.1, 0.15) is 5.58 Å². The Labute approximate surface area is 294 Å². The molecular weight excluding hydrogens is 621 g/mol. The van der Waals surface area contributed by atoms with Crippen LogP contribution in [0.2, 0.25) is 0 Å². The van der Waals surface area contributed by atoms with Crippen molar-refractivity contribution in [3.8, 4) is 22.4 Å². The monoisotopic (exact) mass is 649 g/mol. The van der Waals surface area contributed by atoms with E-state index in [0.29, 0.717) is 5.95 Å². The third kappa shape index (κ3) is 4.09. The van der Waals surface area contributed by atoms with Crippen LogP contribution in [0.1, 0.15) is 0 Å². The molecule has 0 amide bonds. The Balaban J connectivity index is 1.37. The average molecular weight is 650 g/mol. The molecule has 10 aromatic rings. The van der Waals surface area contributed by atoms with Gasteiger partial charge >= 0.3 is 6.85 Å². The van der Waals surface area contributed by atoms with Crippen LogP contribution in [0, 0.1) is 0 Å². The highest BCUT2D eigenvalue weighted by Gasteiger charge is 2.42. The summed E-state index contributed by atoms with van der Waals surface area (Å²) in [6, 6.07) is 60.0. The highest BCUT2D eigenvalue weighted by atomic mass is 16.3. The second-order valence-corrected chi connectivity index (χ2v) is 13.3. The normalized spacial score (nSPS) is 12.6. The summed E-state index contributed by atoms with van der Waals surface area (Å²) in [5, 5.41) is 7.95. The van der Waals surface area contributed by atoms with Gasteiger partial charge in [0.25, 0.3) is 0 Å². The predicted molar refractivity (Wildman–Crippen MR) is 213 cm³/mol. The van der Waals surface area contributed by atoms with Crippen LogP contribution < -0.4 is 15.7 Å². The molecule has 8 aromatic carbocycles. The zero-order valence-corrected chi connectivity index (χ0v) is 27.5. The van der Waals surface area contributed by atoms with Gasteiger partial charge in [0.2, 0.25) is 5.95 Å². The predicted octanol–water partition coefficient (Wildman–Crippen LogP) is 10.4. The van der Waals surface area contributed by atoms with Gasteiger partial charge in [0, 0.05) is 27.3 Å². The van der Waals surface area contributed by atoms with E-state index in [-0.39, 0.29) is 6.85 Å². The summed E-state index contributed by atoms with van der Waals surface area (Å²) in [4.78, 5) is 13.3. The minimum atomic E-state index is -0.249. The van der Waals surface area contributed by atoms with Crippen molar-refractivity contribution in [2.45, 2.75) is 0 Å². The lowest BCUT2D eigenvalue weighted by Gasteiger charge is -2.38. The van der Waals surface area contributed by atoms with Crippen LogP contribution in [0.15, 0.2) is 174 Å². The first kappa shape index (κ1) is 28.2. The molecule has 1 aliphatic heterocycles. The van der Waals surface area contributed by atoms with Crippen molar-refractivity contribution < 1.29 is 4.42 Å². The maximum atomic E-state index is 7.03. The Hall–Kier alpha value is -6.72. The summed E-state index contributed by atoms with van der Waals surface area (Å²) >= 11 is 0. The first-order chi connectivity index (χ1) is 25.3. The molecule has 2 aromatic heterocycles. The lowest BCUT2D eigenvalue weighted by atomic mass is 9.45. The summed E-state index contributed by atoms with van der Waals surface area (Å²) in [6.45, 7) is -0.249. The van der Waals surface area contributed by atoms with Crippen molar-refractivity contribution in [1.29, 1.82) is 0 Å². The second kappa shape index (κ2) is 10.9. The summed E-state index contributed by atoms with van der Waals surface area (Å²) < 4.78 is 7.03.